The first-order chi connectivity index (χ1) is 6.18. The van der Waals surface area contributed by atoms with E-state index in [0.29, 0.717) is 4.90 Å². The molecule has 0 amide bonds. The average Bonchev–Trinajstić information content (AvgIpc) is 2.61. The molecule has 2 aromatic rings. The minimum absolute atomic E-state index is 0.508. The summed E-state index contributed by atoms with van der Waals surface area (Å²) in [7, 11) is -3.12. The highest BCUT2D eigenvalue weighted by atomic mass is 32.2. The first kappa shape index (κ1) is 7.73. The van der Waals surface area contributed by atoms with Gasteiger partial charge in [0.2, 0.25) is 9.84 Å². The molecule has 0 bridgehead atoms. The normalized spacial score (nSPS) is 18.2. The zero-order chi connectivity index (χ0) is 9.05. The summed E-state index contributed by atoms with van der Waals surface area (Å²) in [5, 5.41) is 4.09. The van der Waals surface area contributed by atoms with Gasteiger partial charge in [-0.3, -0.25) is 0 Å². The number of hydrogen-bond donors (Lipinski definition) is 0. The predicted molar refractivity (Wildman–Crippen MR) is 55.9 cm³/mol. The molecule has 0 saturated heterocycles. The van der Waals surface area contributed by atoms with Gasteiger partial charge < -0.3 is 0 Å². The topological polar surface area (TPSA) is 34.1 Å². The van der Waals surface area contributed by atoms with Gasteiger partial charge in [0.1, 0.15) is 0 Å². The maximum atomic E-state index is 11.6. The second-order valence-corrected chi connectivity index (χ2v) is 6.76. The molecule has 0 aromatic carbocycles. The lowest BCUT2D eigenvalue weighted by molar-refractivity contribution is 0.606. The van der Waals surface area contributed by atoms with Gasteiger partial charge in [0.15, 0.2) is 0 Å². The molecule has 2 nitrogen and oxygen atoms in total. The lowest BCUT2D eigenvalue weighted by Crippen LogP contribution is -1.90. The summed E-state index contributed by atoms with van der Waals surface area (Å²) in [5.41, 5.74) is 0. The Morgan fingerprint density at radius 1 is 1.31 bits per heavy atom. The van der Waals surface area contributed by atoms with Gasteiger partial charge in [0.05, 0.1) is 8.91 Å². The van der Waals surface area contributed by atoms with Crippen molar-refractivity contribution in [3.63, 3.8) is 0 Å². The van der Waals surface area contributed by atoms with E-state index in [1.54, 1.807) is 28.7 Å². The van der Waals surface area contributed by atoms with Crippen LogP contribution in [0.1, 0.15) is 4.88 Å². The van der Waals surface area contributed by atoms with Gasteiger partial charge in [-0.05, 0) is 17.5 Å². The largest absolute Gasteiger partial charge is 0.219 e. The Hall–Kier alpha value is -0.650. The number of hydrogen-bond acceptors (Lipinski definition) is 4. The van der Waals surface area contributed by atoms with Crippen molar-refractivity contribution in [3.05, 3.63) is 21.7 Å². The molecule has 3 rings (SSSR count). The summed E-state index contributed by atoms with van der Waals surface area (Å²) in [4.78, 5) is 1.38. The minimum atomic E-state index is -3.12. The maximum absolute atomic E-state index is 11.6. The Bertz CT molecular complexity index is 613. The fraction of sp³-hybridized carbons (Fsp3) is 0. The van der Waals surface area contributed by atoms with Crippen LogP contribution in [0.3, 0.4) is 0 Å². The molecule has 3 heterocycles. The van der Waals surface area contributed by atoms with Crippen LogP contribution >= 0.6 is 22.7 Å². The first-order valence-corrected chi connectivity index (χ1v) is 6.86. The summed E-state index contributed by atoms with van der Waals surface area (Å²) < 4.78 is 24.2. The lowest BCUT2D eigenvalue weighted by atomic mass is 10.4. The van der Waals surface area contributed by atoms with Crippen molar-refractivity contribution in [2.24, 2.45) is 0 Å². The molecule has 5 heteroatoms. The molecule has 66 valence electrons. The van der Waals surface area contributed by atoms with Crippen molar-refractivity contribution >= 4 is 48.0 Å². The highest BCUT2D eigenvalue weighted by Gasteiger charge is 2.26. The van der Waals surface area contributed by atoms with E-state index in [4.69, 9.17) is 0 Å². The third-order valence-electron chi connectivity index (χ3n) is 1.98. The Morgan fingerprint density at radius 2 is 2.15 bits per heavy atom. The van der Waals surface area contributed by atoms with Crippen LogP contribution in [-0.2, 0) is 9.84 Å². The summed E-state index contributed by atoms with van der Waals surface area (Å²) >= 11 is 3.14. The molecule has 2 aromatic heterocycles. The molecule has 0 atom stereocenters. The standard InChI is InChI=1S/C8H4O2S3/c9-13(10)4-2-6-7(13)5-1-3-11-8(5)12-6/h1-4H. The maximum Gasteiger partial charge on any atom is 0.201 e. The Labute approximate surface area is 83.1 Å². The molecule has 1 aliphatic heterocycles. The van der Waals surface area contributed by atoms with Gasteiger partial charge in [-0.1, -0.05) is 0 Å². The quantitative estimate of drug-likeness (QED) is 0.694. The van der Waals surface area contributed by atoms with Crippen molar-refractivity contribution < 1.29 is 8.42 Å². The van der Waals surface area contributed by atoms with Gasteiger partial charge in [-0.2, -0.15) is 0 Å². The second-order valence-electron chi connectivity index (χ2n) is 2.76. The van der Waals surface area contributed by atoms with E-state index < -0.39 is 9.84 Å². The van der Waals surface area contributed by atoms with E-state index in [-0.39, 0.29) is 0 Å². The van der Waals surface area contributed by atoms with Crippen LogP contribution in [0.2, 0.25) is 0 Å². The lowest BCUT2D eigenvalue weighted by Gasteiger charge is -1.89. The highest BCUT2D eigenvalue weighted by Crippen LogP contribution is 2.42. The Balaban J connectivity index is 2.60. The minimum Gasteiger partial charge on any atom is -0.219 e. The average molecular weight is 228 g/mol. The molecule has 0 radical (unpaired) electrons. The highest BCUT2D eigenvalue weighted by molar-refractivity contribution is 7.95. The van der Waals surface area contributed by atoms with Crippen LogP contribution < -0.4 is 0 Å². The van der Waals surface area contributed by atoms with E-state index in [0.717, 1.165) is 14.3 Å². The smallest absolute Gasteiger partial charge is 0.201 e. The van der Waals surface area contributed by atoms with Gasteiger partial charge in [-0.25, -0.2) is 8.42 Å². The Kier molecular flexibility index (Phi) is 1.33. The number of thiophene rings is 2. The van der Waals surface area contributed by atoms with Gasteiger partial charge in [-0.15, -0.1) is 22.7 Å². The summed E-state index contributed by atoms with van der Waals surface area (Å²) in [5.74, 6) is 0. The molecule has 0 N–H and O–H groups in total. The molecule has 1 aliphatic rings. The summed E-state index contributed by atoms with van der Waals surface area (Å²) in [6.45, 7) is 0. The number of sulfone groups is 1. The number of rotatable bonds is 0. The van der Waals surface area contributed by atoms with E-state index >= 15 is 0 Å². The fourth-order valence-electron chi connectivity index (χ4n) is 1.44. The molecule has 0 aliphatic carbocycles. The van der Waals surface area contributed by atoms with E-state index in [1.165, 1.54) is 5.41 Å². The SMILES string of the molecule is O=S1(=O)C=Cc2sc3sccc3c21. The van der Waals surface area contributed by atoms with Crippen LogP contribution in [0.4, 0.5) is 0 Å². The zero-order valence-corrected chi connectivity index (χ0v) is 8.80. The fourth-order valence-corrected chi connectivity index (χ4v) is 5.48. The molecule has 0 fully saturated rings. The van der Waals surface area contributed by atoms with E-state index in [2.05, 4.69) is 0 Å². The van der Waals surface area contributed by atoms with Crippen LogP contribution in [0.25, 0.3) is 15.5 Å². The summed E-state index contributed by atoms with van der Waals surface area (Å²) in [6.07, 6.45) is 1.68. The Morgan fingerprint density at radius 3 is 3.00 bits per heavy atom. The van der Waals surface area contributed by atoms with Gasteiger partial charge in [0.25, 0.3) is 0 Å². The van der Waals surface area contributed by atoms with Gasteiger partial charge in [0, 0.05) is 15.7 Å². The van der Waals surface area contributed by atoms with Crippen molar-refractivity contribution in [1.82, 2.24) is 0 Å². The predicted octanol–water partition coefficient (Wildman–Crippen LogP) is 2.72. The third-order valence-corrected chi connectivity index (χ3v) is 5.83. The molecular weight excluding hydrogens is 224 g/mol. The second kappa shape index (κ2) is 2.23. The van der Waals surface area contributed by atoms with Crippen molar-refractivity contribution in [2.45, 2.75) is 4.90 Å². The van der Waals surface area contributed by atoms with Crippen LogP contribution in [0.15, 0.2) is 21.7 Å². The molecule has 13 heavy (non-hydrogen) atoms. The van der Waals surface area contributed by atoms with Crippen molar-refractivity contribution in [3.8, 4) is 0 Å². The zero-order valence-electron chi connectivity index (χ0n) is 6.35. The molecule has 0 spiro atoms. The molecular formula is C8H4O2S3. The molecule has 0 unspecified atom stereocenters. The van der Waals surface area contributed by atoms with E-state index in [9.17, 15) is 8.42 Å². The molecule has 0 saturated carbocycles. The third kappa shape index (κ3) is 0.892. The first-order valence-electron chi connectivity index (χ1n) is 3.62. The van der Waals surface area contributed by atoms with E-state index in [1.807, 2.05) is 11.4 Å². The van der Waals surface area contributed by atoms with Crippen molar-refractivity contribution in [1.29, 1.82) is 0 Å². The van der Waals surface area contributed by atoms with Crippen LogP contribution in [0.5, 0.6) is 0 Å². The van der Waals surface area contributed by atoms with Crippen LogP contribution in [-0.4, -0.2) is 8.42 Å². The number of fused-ring (bicyclic) bond motifs is 3. The summed E-state index contributed by atoms with van der Waals surface area (Å²) in [6, 6.07) is 1.87. The van der Waals surface area contributed by atoms with Crippen molar-refractivity contribution in [2.75, 3.05) is 0 Å². The monoisotopic (exact) mass is 228 g/mol. The van der Waals surface area contributed by atoms with Gasteiger partial charge >= 0.3 is 0 Å². The van der Waals surface area contributed by atoms with Crippen LogP contribution in [0, 0.1) is 0 Å².